The lowest BCUT2D eigenvalue weighted by Crippen LogP contribution is -2.50. The molecule has 0 spiro atoms. The normalized spacial score (nSPS) is 16.3. The minimum atomic E-state index is -0.327. The molecule has 6 heteroatoms. The Hall–Kier alpha value is -2.53. The maximum Gasteiger partial charge on any atom is 0.318 e. The maximum atomic E-state index is 12.9. The number of carbonyl (C=O) groups is 1. The van der Waals surface area contributed by atoms with E-state index in [1.54, 1.807) is 4.90 Å². The van der Waals surface area contributed by atoms with Gasteiger partial charge >= 0.3 is 6.03 Å². The summed E-state index contributed by atoms with van der Waals surface area (Å²) in [6.07, 6.45) is 0.485. The Morgan fingerprint density at radius 2 is 1.96 bits per heavy atom. The molecule has 0 saturated carbocycles. The summed E-state index contributed by atoms with van der Waals surface area (Å²) in [5.41, 5.74) is 2.60. The highest BCUT2D eigenvalue weighted by atomic mass is 35.5. The first-order valence-electron chi connectivity index (χ1n) is 9.40. The number of oxime groups is 1. The first-order valence-corrected chi connectivity index (χ1v) is 9.77. The van der Waals surface area contributed by atoms with Crippen molar-refractivity contribution in [3.8, 4) is 0 Å². The fourth-order valence-electron chi connectivity index (χ4n) is 3.05. The summed E-state index contributed by atoms with van der Waals surface area (Å²) < 4.78 is 0. The molecule has 1 heterocycles. The van der Waals surface area contributed by atoms with Gasteiger partial charge in [0.2, 0.25) is 0 Å². The van der Waals surface area contributed by atoms with Crippen LogP contribution in [0.2, 0.25) is 5.02 Å². The molecular weight excluding hydrogens is 374 g/mol. The highest BCUT2D eigenvalue weighted by Crippen LogP contribution is 2.20. The molecular formula is C22H26ClN3O2. The Morgan fingerprint density at radius 1 is 1.21 bits per heavy atom. The second-order valence-corrected chi connectivity index (χ2v) is 8.46. The van der Waals surface area contributed by atoms with Gasteiger partial charge in [-0.2, -0.15) is 0 Å². The van der Waals surface area contributed by atoms with Gasteiger partial charge in [0.1, 0.15) is 0 Å². The standard InChI is InChI=1S/C22H26ClN3O2/c1-22(2,3)24-21(27)26(14-16-8-7-11-18(23)12-16)15-19-13-20(25-28-19)17-9-5-4-6-10-17/h4-12,19H,13-15H2,1-3H3,(H,24,27)/t19-/m0/s1. The average Bonchev–Trinajstić information content (AvgIpc) is 3.09. The summed E-state index contributed by atoms with van der Waals surface area (Å²) in [6.45, 7) is 6.78. The molecule has 3 rings (SSSR count). The van der Waals surface area contributed by atoms with Crippen molar-refractivity contribution in [1.82, 2.24) is 10.2 Å². The van der Waals surface area contributed by atoms with Crippen LogP contribution in [0.25, 0.3) is 0 Å². The van der Waals surface area contributed by atoms with Crippen LogP contribution in [0.1, 0.15) is 38.3 Å². The van der Waals surface area contributed by atoms with Gasteiger partial charge in [-0.15, -0.1) is 0 Å². The van der Waals surface area contributed by atoms with Gasteiger partial charge in [-0.3, -0.25) is 0 Å². The molecule has 148 valence electrons. The van der Waals surface area contributed by atoms with E-state index in [0.717, 1.165) is 16.8 Å². The second kappa shape index (κ2) is 8.65. The zero-order valence-corrected chi connectivity index (χ0v) is 17.2. The highest BCUT2D eigenvalue weighted by Gasteiger charge is 2.28. The van der Waals surface area contributed by atoms with Crippen LogP contribution >= 0.6 is 11.6 Å². The fourth-order valence-corrected chi connectivity index (χ4v) is 3.26. The lowest BCUT2D eigenvalue weighted by Gasteiger charge is -2.29. The highest BCUT2D eigenvalue weighted by molar-refractivity contribution is 6.30. The van der Waals surface area contributed by atoms with Gasteiger partial charge in [-0.1, -0.05) is 59.2 Å². The predicted octanol–water partition coefficient (Wildman–Crippen LogP) is 4.84. The predicted molar refractivity (Wildman–Crippen MR) is 113 cm³/mol. The van der Waals surface area contributed by atoms with Crippen LogP contribution in [0.3, 0.4) is 0 Å². The van der Waals surface area contributed by atoms with Crippen molar-refractivity contribution < 1.29 is 9.63 Å². The van der Waals surface area contributed by atoms with Gasteiger partial charge < -0.3 is 15.1 Å². The summed E-state index contributed by atoms with van der Waals surface area (Å²) in [5.74, 6) is 0. The third-order valence-electron chi connectivity index (χ3n) is 4.30. The Bertz CT molecular complexity index is 846. The number of hydrogen-bond acceptors (Lipinski definition) is 3. The molecule has 2 amide bonds. The number of amides is 2. The molecule has 0 aromatic heterocycles. The van der Waals surface area contributed by atoms with E-state index in [0.29, 0.717) is 24.5 Å². The molecule has 1 aliphatic heterocycles. The van der Waals surface area contributed by atoms with Gasteiger partial charge in [0.15, 0.2) is 6.10 Å². The number of urea groups is 1. The van der Waals surface area contributed by atoms with E-state index >= 15 is 0 Å². The van der Waals surface area contributed by atoms with E-state index in [4.69, 9.17) is 16.4 Å². The molecule has 0 saturated heterocycles. The Kier molecular flexibility index (Phi) is 6.25. The topological polar surface area (TPSA) is 53.9 Å². The van der Waals surface area contributed by atoms with E-state index < -0.39 is 0 Å². The van der Waals surface area contributed by atoms with Crippen molar-refractivity contribution in [1.29, 1.82) is 0 Å². The SMILES string of the molecule is CC(C)(C)NC(=O)N(Cc1cccc(Cl)c1)C[C@@H]1CC(c2ccccc2)=NO1. The number of nitrogens with zero attached hydrogens (tertiary/aromatic N) is 2. The van der Waals surface area contributed by atoms with E-state index in [2.05, 4.69) is 10.5 Å². The smallest absolute Gasteiger partial charge is 0.318 e. The van der Waals surface area contributed by atoms with Crippen LogP contribution in [0.4, 0.5) is 4.79 Å². The lowest BCUT2D eigenvalue weighted by atomic mass is 10.0. The number of halogens is 1. The monoisotopic (exact) mass is 399 g/mol. The van der Waals surface area contributed by atoms with Crippen LogP contribution in [0.5, 0.6) is 0 Å². The Morgan fingerprint density at radius 3 is 2.64 bits per heavy atom. The summed E-state index contributed by atoms with van der Waals surface area (Å²) in [5, 5.41) is 7.92. The molecule has 0 radical (unpaired) electrons. The summed E-state index contributed by atoms with van der Waals surface area (Å²) in [4.78, 5) is 20.3. The molecule has 0 bridgehead atoms. The fraction of sp³-hybridized carbons (Fsp3) is 0.364. The quantitative estimate of drug-likeness (QED) is 0.781. The molecule has 5 nitrogen and oxygen atoms in total. The maximum absolute atomic E-state index is 12.9. The van der Waals surface area contributed by atoms with Gasteiger partial charge in [0, 0.05) is 23.5 Å². The van der Waals surface area contributed by atoms with Crippen molar-refractivity contribution in [2.24, 2.45) is 5.16 Å². The Labute approximate surface area is 171 Å². The van der Waals surface area contributed by atoms with Crippen LogP contribution in [-0.2, 0) is 11.4 Å². The zero-order chi connectivity index (χ0) is 20.1. The number of carbonyl (C=O) groups excluding carboxylic acids is 1. The number of benzene rings is 2. The summed E-state index contributed by atoms with van der Waals surface area (Å²) in [7, 11) is 0. The molecule has 1 aliphatic rings. The lowest BCUT2D eigenvalue weighted by molar-refractivity contribution is 0.0580. The zero-order valence-electron chi connectivity index (χ0n) is 16.5. The number of hydrogen-bond donors (Lipinski definition) is 1. The molecule has 1 N–H and O–H groups in total. The van der Waals surface area contributed by atoms with Gasteiger partial charge in [0.05, 0.1) is 12.3 Å². The third-order valence-corrected chi connectivity index (χ3v) is 4.53. The van der Waals surface area contributed by atoms with Gasteiger partial charge in [-0.05, 0) is 44.0 Å². The van der Waals surface area contributed by atoms with Crippen molar-refractivity contribution in [3.63, 3.8) is 0 Å². The molecule has 28 heavy (non-hydrogen) atoms. The first-order chi connectivity index (χ1) is 13.3. The van der Waals surface area contributed by atoms with E-state index in [1.165, 1.54) is 0 Å². The minimum absolute atomic E-state index is 0.135. The molecule has 2 aromatic rings. The third kappa shape index (κ3) is 5.73. The largest absolute Gasteiger partial charge is 0.390 e. The van der Waals surface area contributed by atoms with Crippen LogP contribution in [-0.4, -0.2) is 34.8 Å². The van der Waals surface area contributed by atoms with Crippen LogP contribution in [0.15, 0.2) is 59.8 Å². The molecule has 2 aromatic carbocycles. The molecule has 1 atom stereocenters. The van der Waals surface area contributed by atoms with Crippen molar-refractivity contribution in [2.75, 3.05) is 6.54 Å². The van der Waals surface area contributed by atoms with E-state index in [-0.39, 0.29) is 17.7 Å². The molecule has 0 unspecified atom stereocenters. The van der Waals surface area contributed by atoms with Crippen molar-refractivity contribution in [2.45, 2.75) is 45.4 Å². The molecule has 0 aliphatic carbocycles. The second-order valence-electron chi connectivity index (χ2n) is 8.03. The van der Waals surface area contributed by atoms with Crippen molar-refractivity contribution >= 4 is 23.3 Å². The Balaban J connectivity index is 1.69. The van der Waals surface area contributed by atoms with Crippen molar-refractivity contribution in [3.05, 3.63) is 70.7 Å². The van der Waals surface area contributed by atoms with Gasteiger partial charge in [-0.25, -0.2) is 4.79 Å². The van der Waals surface area contributed by atoms with Crippen LogP contribution < -0.4 is 5.32 Å². The van der Waals surface area contributed by atoms with Gasteiger partial charge in [0.25, 0.3) is 0 Å². The minimum Gasteiger partial charge on any atom is -0.390 e. The van der Waals surface area contributed by atoms with E-state index in [9.17, 15) is 4.79 Å². The first kappa shape index (κ1) is 20.2. The number of rotatable bonds is 5. The van der Waals surface area contributed by atoms with Crippen LogP contribution in [0, 0.1) is 0 Å². The summed E-state index contributed by atoms with van der Waals surface area (Å²) in [6, 6.07) is 17.4. The van der Waals surface area contributed by atoms with E-state index in [1.807, 2.05) is 75.4 Å². The average molecular weight is 400 g/mol. The number of nitrogens with one attached hydrogen (secondary N) is 1. The molecule has 0 fully saturated rings. The summed E-state index contributed by atoms with van der Waals surface area (Å²) >= 11 is 6.11.